The molecule has 0 bridgehead atoms. The fourth-order valence-corrected chi connectivity index (χ4v) is 5.71. The molecule has 198 valence electrons. The van der Waals surface area contributed by atoms with Crippen LogP contribution in [0, 0.1) is 11.6 Å². The Bertz CT molecular complexity index is 1570. The molecule has 4 N–H and O–H groups in total. The number of phenols is 1. The summed E-state index contributed by atoms with van der Waals surface area (Å²) >= 11 is 0. The molecule has 38 heavy (non-hydrogen) atoms. The lowest BCUT2D eigenvalue weighted by molar-refractivity contribution is 0.0448. The molecular weight excluding hydrogens is 490 g/mol. The molecule has 0 radical (unpaired) electrons. The Labute approximate surface area is 218 Å². The number of fused-ring (bicyclic) bond motifs is 2. The van der Waals surface area contributed by atoms with Crippen LogP contribution in [0.2, 0.25) is 0 Å². The summed E-state index contributed by atoms with van der Waals surface area (Å²) in [5.41, 5.74) is 5.86. The van der Waals surface area contributed by atoms with Crippen molar-refractivity contribution in [2.24, 2.45) is 5.73 Å². The summed E-state index contributed by atoms with van der Waals surface area (Å²) in [6, 6.07) is 5.86. The van der Waals surface area contributed by atoms with Gasteiger partial charge < -0.3 is 25.7 Å². The largest absolute Gasteiger partial charge is 0.508 e. The van der Waals surface area contributed by atoms with Crippen molar-refractivity contribution in [2.45, 2.75) is 44.8 Å². The zero-order chi connectivity index (χ0) is 26.8. The first-order valence-electron chi connectivity index (χ1n) is 12.9. The predicted octanol–water partition coefficient (Wildman–Crippen LogP) is 3.89. The minimum absolute atomic E-state index is 0.00710. The number of hydrogen-bond donors (Lipinski definition) is 3. The summed E-state index contributed by atoms with van der Waals surface area (Å²) in [4.78, 5) is 17.7. The van der Waals surface area contributed by atoms with Crippen LogP contribution in [0.4, 0.5) is 20.5 Å². The number of piperidine rings is 1. The van der Waals surface area contributed by atoms with Gasteiger partial charge in [0.1, 0.15) is 28.6 Å². The molecule has 0 saturated carbocycles. The van der Waals surface area contributed by atoms with Gasteiger partial charge in [-0.05, 0) is 60.7 Å². The molecule has 4 aromatic rings. The molecule has 6 rings (SSSR count). The molecule has 2 saturated heterocycles. The average molecular weight is 521 g/mol. The summed E-state index contributed by atoms with van der Waals surface area (Å²) in [6.45, 7) is 5.72. The number of anilines is 2. The molecule has 0 aliphatic carbocycles. The van der Waals surface area contributed by atoms with Crippen molar-refractivity contribution in [2.75, 3.05) is 36.0 Å². The quantitative estimate of drug-likeness (QED) is 0.372. The molecule has 1 atom stereocenters. The van der Waals surface area contributed by atoms with Gasteiger partial charge in [-0.1, -0.05) is 13.0 Å². The standard InChI is InChI=1S/C28H30F2N6O2/c1-3-18-21(29)6-5-15-9-17(37)10-19(22(15)18)24-23(30)25-20(11-32-24)26(35-8-4-7-28(2,38)14-35)34-27(33-25)36-12-16(31)13-36/h5-6,9-11,16,37-38H,3-4,7-8,12-14,31H2,1-2H3/t28-/m1/s1. The third-order valence-corrected chi connectivity index (χ3v) is 7.58. The van der Waals surface area contributed by atoms with E-state index in [4.69, 9.17) is 10.7 Å². The van der Waals surface area contributed by atoms with E-state index in [0.717, 1.165) is 6.42 Å². The maximum atomic E-state index is 16.5. The van der Waals surface area contributed by atoms with Gasteiger partial charge in [0.2, 0.25) is 5.95 Å². The lowest BCUT2D eigenvalue weighted by Gasteiger charge is -2.40. The molecule has 2 fully saturated rings. The van der Waals surface area contributed by atoms with Gasteiger partial charge in [-0.3, -0.25) is 4.98 Å². The number of aryl methyl sites for hydroxylation is 1. The number of aromatic nitrogens is 3. The van der Waals surface area contributed by atoms with Crippen LogP contribution in [-0.2, 0) is 6.42 Å². The number of halogens is 2. The first kappa shape index (κ1) is 24.7. The highest BCUT2D eigenvalue weighted by Gasteiger charge is 2.33. The van der Waals surface area contributed by atoms with Gasteiger partial charge in [-0.15, -0.1) is 0 Å². The van der Waals surface area contributed by atoms with Gasteiger partial charge in [-0.2, -0.15) is 4.98 Å². The maximum absolute atomic E-state index is 16.5. The summed E-state index contributed by atoms with van der Waals surface area (Å²) in [5, 5.41) is 22.7. The number of hydrogen-bond acceptors (Lipinski definition) is 8. The van der Waals surface area contributed by atoms with E-state index in [0.29, 0.717) is 78.1 Å². The molecule has 2 aromatic carbocycles. The number of rotatable bonds is 4. The van der Waals surface area contributed by atoms with E-state index >= 15 is 4.39 Å². The summed E-state index contributed by atoms with van der Waals surface area (Å²) < 4.78 is 31.2. The van der Waals surface area contributed by atoms with Crippen LogP contribution in [0.25, 0.3) is 32.9 Å². The number of nitrogens with two attached hydrogens (primary N) is 1. The second kappa shape index (κ2) is 8.99. The second-order valence-electron chi connectivity index (χ2n) is 10.7. The van der Waals surface area contributed by atoms with Crippen LogP contribution in [0.1, 0.15) is 32.3 Å². The molecule has 2 aromatic heterocycles. The lowest BCUT2D eigenvalue weighted by atomic mass is 9.94. The van der Waals surface area contributed by atoms with Crippen LogP contribution >= 0.6 is 0 Å². The number of nitrogens with zero attached hydrogens (tertiary/aromatic N) is 5. The summed E-state index contributed by atoms with van der Waals surface area (Å²) in [6.07, 6.45) is 3.34. The zero-order valence-electron chi connectivity index (χ0n) is 21.4. The Balaban J connectivity index is 1.59. The van der Waals surface area contributed by atoms with Crippen LogP contribution in [0.15, 0.2) is 30.5 Å². The molecule has 4 heterocycles. The first-order chi connectivity index (χ1) is 18.1. The molecule has 8 nitrogen and oxygen atoms in total. The van der Waals surface area contributed by atoms with Crippen molar-refractivity contribution in [3.63, 3.8) is 0 Å². The predicted molar refractivity (Wildman–Crippen MR) is 143 cm³/mol. The normalized spacial score (nSPS) is 20.4. The van der Waals surface area contributed by atoms with Crippen LogP contribution < -0.4 is 15.5 Å². The maximum Gasteiger partial charge on any atom is 0.228 e. The average Bonchev–Trinajstić information content (AvgIpc) is 2.86. The minimum Gasteiger partial charge on any atom is -0.508 e. The van der Waals surface area contributed by atoms with Crippen molar-refractivity contribution < 1.29 is 19.0 Å². The molecular formula is C28H30F2N6O2. The SMILES string of the molecule is CCc1c(F)ccc2cc(O)cc(-c3ncc4c(N5CCC[C@@](C)(O)C5)nc(N5CC(N)C5)nc4c3F)c12. The zero-order valence-corrected chi connectivity index (χ0v) is 21.4. The van der Waals surface area contributed by atoms with Crippen molar-refractivity contribution in [1.29, 1.82) is 0 Å². The fourth-order valence-electron chi connectivity index (χ4n) is 5.71. The summed E-state index contributed by atoms with van der Waals surface area (Å²) in [5.74, 6) is -0.289. The highest BCUT2D eigenvalue weighted by molar-refractivity contribution is 6.02. The minimum atomic E-state index is -0.901. The van der Waals surface area contributed by atoms with Gasteiger partial charge in [-0.25, -0.2) is 13.8 Å². The Kier molecular flexibility index (Phi) is 5.84. The molecule has 2 aliphatic rings. The Morgan fingerprint density at radius 1 is 1.16 bits per heavy atom. The van der Waals surface area contributed by atoms with E-state index in [1.54, 1.807) is 13.0 Å². The second-order valence-corrected chi connectivity index (χ2v) is 10.7. The summed E-state index contributed by atoms with van der Waals surface area (Å²) in [7, 11) is 0. The number of aliphatic hydroxyl groups is 1. The van der Waals surface area contributed by atoms with E-state index in [1.165, 1.54) is 24.4 Å². The first-order valence-corrected chi connectivity index (χ1v) is 12.9. The van der Waals surface area contributed by atoms with Gasteiger partial charge >= 0.3 is 0 Å². The van der Waals surface area contributed by atoms with Gasteiger partial charge in [0.15, 0.2) is 5.82 Å². The van der Waals surface area contributed by atoms with Crippen molar-refractivity contribution in [3.05, 3.63) is 47.7 Å². The number of phenolic OH excluding ortho intramolecular Hbond substituents is 1. The monoisotopic (exact) mass is 520 g/mol. The van der Waals surface area contributed by atoms with E-state index in [2.05, 4.69) is 9.97 Å². The van der Waals surface area contributed by atoms with E-state index in [1.807, 2.05) is 16.7 Å². The number of benzene rings is 2. The van der Waals surface area contributed by atoms with Crippen molar-refractivity contribution in [3.8, 4) is 17.0 Å². The highest BCUT2D eigenvalue weighted by atomic mass is 19.1. The van der Waals surface area contributed by atoms with Crippen LogP contribution in [0.5, 0.6) is 5.75 Å². The number of β-amino-alcohol motifs (C(OH)–C–C–N with tert-alkyl or cyclic N) is 1. The molecule has 0 unspecified atom stereocenters. The van der Waals surface area contributed by atoms with Crippen molar-refractivity contribution in [1.82, 2.24) is 15.0 Å². The van der Waals surface area contributed by atoms with Gasteiger partial charge in [0, 0.05) is 44.0 Å². The van der Waals surface area contributed by atoms with Gasteiger partial charge in [0.05, 0.1) is 11.0 Å². The fraction of sp³-hybridized carbons (Fsp3) is 0.393. The number of pyridine rings is 1. The Morgan fingerprint density at radius 2 is 1.95 bits per heavy atom. The Morgan fingerprint density at radius 3 is 2.66 bits per heavy atom. The van der Waals surface area contributed by atoms with E-state index < -0.39 is 17.2 Å². The Hall–Kier alpha value is -3.63. The van der Waals surface area contributed by atoms with E-state index in [-0.39, 0.29) is 23.0 Å². The topological polar surface area (TPSA) is 112 Å². The van der Waals surface area contributed by atoms with Gasteiger partial charge in [0.25, 0.3) is 0 Å². The van der Waals surface area contributed by atoms with Crippen molar-refractivity contribution >= 4 is 33.4 Å². The molecule has 2 aliphatic heterocycles. The van der Waals surface area contributed by atoms with Crippen LogP contribution in [-0.4, -0.2) is 63.0 Å². The number of aromatic hydroxyl groups is 1. The van der Waals surface area contributed by atoms with Crippen LogP contribution in [0.3, 0.4) is 0 Å². The smallest absolute Gasteiger partial charge is 0.228 e. The third kappa shape index (κ3) is 4.08. The molecule has 0 spiro atoms. The molecule has 10 heteroatoms. The highest BCUT2D eigenvalue weighted by Crippen LogP contribution is 2.39. The van der Waals surface area contributed by atoms with E-state index in [9.17, 15) is 14.6 Å². The molecule has 0 amide bonds. The lowest BCUT2D eigenvalue weighted by Crippen LogP contribution is -2.56. The third-order valence-electron chi connectivity index (χ3n) is 7.58.